The first-order chi connectivity index (χ1) is 10.7. The molecule has 0 saturated heterocycles. The lowest BCUT2D eigenvalue weighted by Crippen LogP contribution is -2.41. The molecule has 2 amide bonds. The number of amides is 2. The lowest BCUT2D eigenvalue weighted by molar-refractivity contribution is 0.247. The van der Waals surface area contributed by atoms with Gasteiger partial charge in [0.05, 0.1) is 13.3 Å². The topological polar surface area (TPSA) is 91.9 Å². The predicted molar refractivity (Wildman–Crippen MR) is 82.1 cm³/mol. The second-order valence-corrected chi connectivity index (χ2v) is 5.42. The van der Waals surface area contributed by atoms with E-state index in [2.05, 4.69) is 25.8 Å². The van der Waals surface area contributed by atoms with Crippen molar-refractivity contribution < 1.29 is 9.53 Å². The first-order valence-corrected chi connectivity index (χ1v) is 7.26. The van der Waals surface area contributed by atoms with Crippen molar-refractivity contribution in [3.8, 4) is 5.75 Å². The Kier molecular flexibility index (Phi) is 3.95. The zero-order chi connectivity index (χ0) is 15.5. The Morgan fingerprint density at radius 2 is 2.32 bits per heavy atom. The van der Waals surface area contributed by atoms with Gasteiger partial charge >= 0.3 is 6.03 Å². The van der Waals surface area contributed by atoms with E-state index in [1.807, 2.05) is 19.2 Å². The highest BCUT2D eigenvalue weighted by molar-refractivity contribution is 5.89. The third-order valence-corrected chi connectivity index (χ3v) is 3.80. The van der Waals surface area contributed by atoms with Gasteiger partial charge in [-0.25, -0.2) is 9.78 Å². The van der Waals surface area contributed by atoms with Gasteiger partial charge < -0.3 is 10.1 Å². The number of rotatable bonds is 3. The maximum atomic E-state index is 12.2. The molecule has 1 aliphatic rings. The quantitative estimate of drug-likeness (QED) is 0.806. The van der Waals surface area contributed by atoms with Crippen molar-refractivity contribution in [3.05, 3.63) is 35.3 Å². The molecule has 1 unspecified atom stereocenters. The van der Waals surface area contributed by atoms with Gasteiger partial charge in [0.15, 0.2) is 11.6 Å². The number of nitrogens with zero attached hydrogens (tertiary/aromatic N) is 2. The summed E-state index contributed by atoms with van der Waals surface area (Å²) in [4.78, 5) is 16.5. The van der Waals surface area contributed by atoms with Crippen LogP contribution >= 0.6 is 0 Å². The minimum Gasteiger partial charge on any atom is -0.493 e. The fourth-order valence-corrected chi connectivity index (χ4v) is 2.67. The van der Waals surface area contributed by atoms with E-state index in [-0.39, 0.29) is 12.1 Å². The fraction of sp³-hybridized carbons (Fsp3) is 0.400. The summed E-state index contributed by atoms with van der Waals surface area (Å²) in [5.74, 6) is 0.973. The standard InChI is InChI=1S/C15H19N5O2/c1-9-3-6-13(22-2)14(17-9)19-15(21)18-11-4-5-12-10(7-11)8-16-20-12/h3,6,8,11H,4-5,7H2,1-2H3,(H,16,20)(H2,17,18,19,21). The molecule has 22 heavy (non-hydrogen) atoms. The van der Waals surface area contributed by atoms with E-state index in [0.717, 1.165) is 25.0 Å². The molecule has 0 spiro atoms. The number of methoxy groups -OCH3 is 1. The van der Waals surface area contributed by atoms with Gasteiger partial charge in [0.2, 0.25) is 0 Å². The number of urea groups is 1. The number of aromatic nitrogens is 3. The van der Waals surface area contributed by atoms with E-state index in [0.29, 0.717) is 11.6 Å². The van der Waals surface area contributed by atoms with E-state index < -0.39 is 0 Å². The first-order valence-electron chi connectivity index (χ1n) is 7.26. The van der Waals surface area contributed by atoms with E-state index in [1.54, 1.807) is 13.2 Å². The Morgan fingerprint density at radius 1 is 1.45 bits per heavy atom. The Bertz CT molecular complexity index is 682. The van der Waals surface area contributed by atoms with Gasteiger partial charge in [0.1, 0.15) is 0 Å². The van der Waals surface area contributed by atoms with E-state index >= 15 is 0 Å². The number of anilines is 1. The molecule has 116 valence electrons. The van der Waals surface area contributed by atoms with Crippen molar-refractivity contribution in [2.24, 2.45) is 0 Å². The molecule has 0 saturated carbocycles. The second kappa shape index (κ2) is 6.05. The van der Waals surface area contributed by atoms with Crippen LogP contribution in [0.1, 0.15) is 23.4 Å². The summed E-state index contributed by atoms with van der Waals surface area (Å²) in [6.07, 6.45) is 4.40. The molecular formula is C15H19N5O2. The number of carbonyl (C=O) groups is 1. The molecular weight excluding hydrogens is 282 g/mol. The zero-order valence-corrected chi connectivity index (χ0v) is 12.6. The summed E-state index contributed by atoms with van der Waals surface area (Å²) in [5, 5.41) is 12.8. The van der Waals surface area contributed by atoms with Crippen LogP contribution in [0.3, 0.4) is 0 Å². The van der Waals surface area contributed by atoms with Gasteiger partial charge in [-0.2, -0.15) is 5.10 Å². The molecule has 1 aliphatic carbocycles. The Labute approximate surface area is 128 Å². The molecule has 0 aromatic carbocycles. The maximum Gasteiger partial charge on any atom is 0.320 e. The molecule has 1 atom stereocenters. The number of hydrogen-bond acceptors (Lipinski definition) is 4. The van der Waals surface area contributed by atoms with Crippen molar-refractivity contribution in [1.29, 1.82) is 0 Å². The molecule has 7 heteroatoms. The lowest BCUT2D eigenvalue weighted by Gasteiger charge is -2.23. The van der Waals surface area contributed by atoms with Crippen LogP contribution in [0.4, 0.5) is 10.6 Å². The maximum absolute atomic E-state index is 12.2. The van der Waals surface area contributed by atoms with E-state index in [4.69, 9.17) is 4.74 Å². The summed E-state index contributed by atoms with van der Waals surface area (Å²) in [7, 11) is 1.55. The summed E-state index contributed by atoms with van der Waals surface area (Å²) >= 11 is 0. The lowest BCUT2D eigenvalue weighted by atomic mass is 9.94. The number of ether oxygens (including phenoxy) is 1. The highest BCUT2D eigenvalue weighted by atomic mass is 16.5. The van der Waals surface area contributed by atoms with Crippen LogP contribution in [-0.4, -0.2) is 34.4 Å². The summed E-state index contributed by atoms with van der Waals surface area (Å²) in [5.41, 5.74) is 3.15. The number of fused-ring (bicyclic) bond motifs is 1. The number of aromatic amines is 1. The summed E-state index contributed by atoms with van der Waals surface area (Å²) in [6.45, 7) is 1.87. The van der Waals surface area contributed by atoms with Crippen LogP contribution in [0.15, 0.2) is 18.3 Å². The summed E-state index contributed by atoms with van der Waals surface area (Å²) < 4.78 is 5.21. The largest absolute Gasteiger partial charge is 0.493 e. The molecule has 0 aliphatic heterocycles. The molecule has 0 bridgehead atoms. The molecule has 2 aromatic heterocycles. The van der Waals surface area contributed by atoms with Crippen LogP contribution in [0.5, 0.6) is 5.75 Å². The number of nitrogens with one attached hydrogen (secondary N) is 3. The minimum atomic E-state index is -0.270. The Morgan fingerprint density at radius 3 is 3.14 bits per heavy atom. The van der Waals surface area contributed by atoms with Crippen molar-refractivity contribution in [2.75, 3.05) is 12.4 Å². The summed E-state index contributed by atoms with van der Waals surface area (Å²) in [6, 6.07) is 3.45. The number of aryl methyl sites for hydroxylation is 2. The molecule has 2 aromatic rings. The van der Waals surface area contributed by atoms with E-state index in [1.165, 1.54) is 11.3 Å². The third kappa shape index (κ3) is 3.03. The highest BCUT2D eigenvalue weighted by Crippen LogP contribution is 2.22. The van der Waals surface area contributed by atoms with Crippen LogP contribution < -0.4 is 15.4 Å². The van der Waals surface area contributed by atoms with Gasteiger partial charge in [-0.05, 0) is 43.9 Å². The number of pyridine rings is 1. The van der Waals surface area contributed by atoms with Gasteiger partial charge in [0.25, 0.3) is 0 Å². The van der Waals surface area contributed by atoms with Gasteiger partial charge in [-0.1, -0.05) is 0 Å². The predicted octanol–water partition coefficient (Wildman–Crippen LogP) is 1.80. The zero-order valence-electron chi connectivity index (χ0n) is 12.6. The minimum absolute atomic E-state index is 0.0981. The molecule has 7 nitrogen and oxygen atoms in total. The van der Waals surface area contributed by atoms with Gasteiger partial charge in [0, 0.05) is 17.4 Å². The average Bonchev–Trinajstić information content (AvgIpc) is 2.95. The molecule has 3 N–H and O–H groups in total. The molecule has 3 rings (SSSR count). The second-order valence-electron chi connectivity index (χ2n) is 5.42. The number of H-pyrrole nitrogens is 1. The third-order valence-electron chi connectivity index (χ3n) is 3.80. The van der Waals surface area contributed by atoms with Crippen molar-refractivity contribution >= 4 is 11.8 Å². The van der Waals surface area contributed by atoms with E-state index in [9.17, 15) is 4.79 Å². The fourth-order valence-electron chi connectivity index (χ4n) is 2.67. The van der Waals surface area contributed by atoms with Gasteiger partial charge in [-0.3, -0.25) is 10.4 Å². The molecule has 0 radical (unpaired) electrons. The van der Waals surface area contributed by atoms with Crippen LogP contribution in [-0.2, 0) is 12.8 Å². The SMILES string of the molecule is COc1ccc(C)nc1NC(=O)NC1CCc2[nH]ncc2C1. The average molecular weight is 301 g/mol. The smallest absolute Gasteiger partial charge is 0.320 e. The number of carbonyl (C=O) groups excluding carboxylic acids is 1. The molecule has 2 heterocycles. The van der Waals surface area contributed by atoms with Gasteiger partial charge in [-0.15, -0.1) is 0 Å². The van der Waals surface area contributed by atoms with Crippen LogP contribution in [0.2, 0.25) is 0 Å². The van der Waals surface area contributed by atoms with Crippen molar-refractivity contribution in [2.45, 2.75) is 32.2 Å². The monoisotopic (exact) mass is 301 g/mol. The first kappa shape index (κ1) is 14.4. The normalized spacial score (nSPS) is 16.7. The van der Waals surface area contributed by atoms with Crippen molar-refractivity contribution in [1.82, 2.24) is 20.5 Å². The van der Waals surface area contributed by atoms with Crippen LogP contribution in [0.25, 0.3) is 0 Å². The highest BCUT2D eigenvalue weighted by Gasteiger charge is 2.22. The number of hydrogen-bond donors (Lipinski definition) is 3. The van der Waals surface area contributed by atoms with Crippen molar-refractivity contribution in [3.63, 3.8) is 0 Å². The van der Waals surface area contributed by atoms with Crippen LogP contribution in [0, 0.1) is 6.92 Å². The Hall–Kier alpha value is -2.57. The molecule has 0 fully saturated rings. The Balaban J connectivity index is 1.63.